The van der Waals surface area contributed by atoms with E-state index in [1.807, 2.05) is 6.07 Å². The average molecular weight is 346 g/mol. The van der Waals surface area contributed by atoms with Crippen molar-refractivity contribution in [2.45, 2.75) is 38.8 Å². The molecule has 3 heteroatoms. The van der Waals surface area contributed by atoms with Crippen molar-refractivity contribution in [3.8, 4) is 5.75 Å². The number of aryl methyl sites for hydroxylation is 1. The molecule has 1 aliphatic rings. The number of benzene rings is 2. The highest BCUT2D eigenvalue weighted by Crippen LogP contribution is 2.37. The lowest BCUT2D eigenvalue weighted by molar-refractivity contribution is 0.138. The van der Waals surface area contributed by atoms with Gasteiger partial charge in [-0.25, -0.2) is 0 Å². The van der Waals surface area contributed by atoms with E-state index < -0.39 is 0 Å². The minimum Gasteiger partial charge on any atom is -0.487 e. The SMILES string of the molecule is Cc1cc(Br)cc(C(N)c2ccc3c(c2)CC(C)(C)O3)c1. The van der Waals surface area contributed by atoms with Gasteiger partial charge in [0.1, 0.15) is 11.4 Å². The molecule has 0 fully saturated rings. The number of rotatable bonds is 2. The number of fused-ring (bicyclic) bond motifs is 1. The summed E-state index contributed by atoms with van der Waals surface area (Å²) in [6.45, 7) is 6.31. The van der Waals surface area contributed by atoms with Crippen LogP contribution in [0, 0.1) is 6.92 Å². The third-order valence-electron chi connectivity index (χ3n) is 3.87. The fourth-order valence-corrected chi connectivity index (χ4v) is 3.58. The van der Waals surface area contributed by atoms with E-state index in [0.29, 0.717) is 0 Å². The van der Waals surface area contributed by atoms with Crippen LogP contribution in [-0.2, 0) is 6.42 Å². The summed E-state index contributed by atoms with van der Waals surface area (Å²) in [6, 6.07) is 12.5. The second kappa shape index (κ2) is 5.15. The molecule has 0 aromatic heterocycles. The zero-order valence-electron chi connectivity index (χ0n) is 12.6. The van der Waals surface area contributed by atoms with E-state index in [1.165, 1.54) is 11.1 Å². The maximum absolute atomic E-state index is 6.45. The van der Waals surface area contributed by atoms with Crippen LogP contribution < -0.4 is 10.5 Å². The van der Waals surface area contributed by atoms with Crippen molar-refractivity contribution in [2.75, 3.05) is 0 Å². The quantitative estimate of drug-likeness (QED) is 0.868. The summed E-state index contributed by atoms with van der Waals surface area (Å²) >= 11 is 3.54. The molecular weight excluding hydrogens is 326 g/mol. The topological polar surface area (TPSA) is 35.2 Å². The minimum absolute atomic E-state index is 0.114. The van der Waals surface area contributed by atoms with Crippen molar-refractivity contribution in [3.05, 3.63) is 63.1 Å². The Kier molecular flexibility index (Phi) is 3.58. The molecule has 21 heavy (non-hydrogen) atoms. The van der Waals surface area contributed by atoms with Crippen LogP contribution in [0.4, 0.5) is 0 Å². The summed E-state index contributed by atoms with van der Waals surface area (Å²) in [5, 5.41) is 0. The van der Waals surface area contributed by atoms with Crippen LogP contribution in [0.3, 0.4) is 0 Å². The molecule has 1 aliphatic heterocycles. The zero-order chi connectivity index (χ0) is 15.2. The van der Waals surface area contributed by atoms with E-state index in [2.05, 4.69) is 67.0 Å². The van der Waals surface area contributed by atoms with Crippen molar-refractivity contribution >= 4 is 15.9 Å². The molecule has 1 unspecified atom stereocenters. The van der Waals surface area contributed by atoms with E-state index in [4.69, 9.17) is 10.5 Å². The number of halogens is 1. The summed E-state index contributed by atoms with van der Waals surface area (Å²) in [5.41, 5.74) is 11.1. The summed E-state index contributed by atoms with van der Waals surface area (Å²) in [5.74, 6) is 0.987. The zero-order valence-corrected chi connectivity index (χ0v) is 14.2. The summed E-state index contributed by atoms with van der Waals surface area (Å²) in [6.07, 6.45) is 0.931. The Balaban J connectivity index is 1.95. The van der Waals surface area contributed by atoms with E-state index in [1.54, 1.807) is 0 Å². The first-order valence-electron chi connectivity index (χ1n) is 7.19. The molecule has 110 valence electrons. The number of nitrogens with two attached hydrogens (primary N) is 1. The lowest BCUT2D eigenvalue weighted by atomic mass is 9.94. The summed E-state index contributed by atoms with van der Waals surface area (Å²) in [7, 11) is 0. The second-order valence-electron chi connectivity index (χ2n) is 6.45. The molecular formula is C18H20BrNO. The highest BCUT2D eigenvalue weighted by Gasteiger charge is 2.30. The molecule has 3 rings (SSSR count). The number of ether oxygens (including phenoxy) is 1. The highest BCUT2D eigenvalue weighted by atomic mass is 79.9. The van der Waals surface area contributed by atoms with Crippen molar-refractivity contribution < 1.29 is 4.74 Å². The third-order valence-corrected chi connectivity index (χ3v) is 4.33. The Morgan fingerprint density at radius 3 is 2.62 bits per heavy atom. The van der Waals surface area contributed by atoms with Gasteiger partial charge in [-0.15, -0.1) is 0 Å². The van der Waals surface area contributed by atoms with Crippen LogP contribution in [0.25, 0.3) is 0 Å². The lowest BCUT2D eigenvalue weighted by Gasteiger charge is -2.16. The Labute approximate surface area is 134 Å². The van der Waals surface area contributed by atoms with Gasteiger partial charge in [-0.05, 0) is 61.2 Å². The first kappa shape index (κ1) is 14.6. The number of hydrogen-bond donors (Lipinski definition) is 1. The van der Waals surface area contributed by atoms with Gasteiger partial charge in [-0.2, -0.15) is 0 Å². The van der Waals surface area contributed by atoms with E-state index in [0.717, 1.165) is 27.8 Å². The fraction of sp³-hybridized carbons (Fsp3) is 0.333. The molecule has 0 saturated carbocycles. The van der Waals surface area contributed by atoms with E-state index in [-0.39, 0.29) is 11.6 Å². The largest absolute Gasteiger partial charge is 0.487 e. The van der Waals surface area contributed by atoms with Crippen LogP contribution in [0.1, 0.15) is 42.1 Å². The lowest BCUT2D eigenvalue weighted by Crippen LogP contribution is -2.24. The van der Waals surface area contributed by atoms with E-state index >= 15 is 0 Å². The Morgan fingerprint density at radius 2 is 1.90 bits per heavy atom. The predicted molar refractivity (Wildman–Crippen MR) is 89.8 cm³/mol. The molecule has 1 atom stereocenters. The fourth-order valence-electron chi connectivity index (χ4n) is 2.96. The average Bonchev–Trinajstić information content (AvgIpc) is 2.69. The maximum Gasteiger partial charge on any atom is 0.123 e. The predicted octanol–water partition coefficient (Wildman–Crippen LogP) is 4.52. The summed E-state index contributed by atoms with van der Waals surface area (Å²) < 4.78 is 6.99. The van der Waals surface area contributed by atoms with Crippen LogP contribution in [-0.4, -0.2) is 5.60 Å². The molecule has 2 nitrogen and oxygen atoms in total. The normalized spacial score (nSPS) is 17.2. The first-order chi connectivity index (χ1) is 9.84. The van der Waals surface area contributed by atoms with Gasteiger partial charge in [-0.1, -0.05) is 34.1 Å². The van der Waals surface area contributed by atoms with Crippen molar-refractivity contribution in [3.63, 3.8) is 0 Å². The van der Waals surface area contributed by atoms with Gasteiger partial charge < -0.3 is 10.5 Å². The molecule has 2 aromatic rings. The summed E-state index contributed by atoms with van der Waals surface area (Å²) in [4.78, 5) is 0. The number of hydrogen-bond acceptors (Lipinski definition) is 2. The molecule has 0 spiro atoms. The van der Waals surface area contributed by atoms with Crippen molar-refractivity contribution in [2.24, 2.45) is 5.73 Å². The Bertz CT molecular complexity index is 673. The van der Waals surface area contributed by atoms with Crippen LogP contribution in [0.5, 0.6) is 5.75 Å². The van der Waals surface area contributed by atoms with Crippen LogP contribution in [0.15, 0.2) is 40.9 Å². The Hall–Kier alpha value is -1.32. The van der Waals surface area contributed by atoms with Crippen LogP contribution in [0.2, 0.25) is 0 Å². The monoisotopic (exact) mass is 345 g/mol. The van der Waals surface area contributed by atoms with Gasteiger partial charge in [0.05, 0.1) is 6.04 Å². The van der Waals surface area contributed by atoms with Gasteiger partial charge >= 0.3 is 0 Å². The molecule has 2 N–H and O–H groups in total. The first-order valence-corrected chi connectivity index (χ1v) is 7.98. The molecule has 0 radical (unpaired) electrons. The minimum atomic E-state index is -0.116. The molecule has 0 bridgehead atoms. The molecule has 0 aliphatic carbocycles. The van der Waals surface area contributed by atoms with Gasteiger partial charge in [0.15, 0.2) is 0 Å². The van der Waals surface area contributed by atoms with Crippen molar-refractivity contribution in [1.82, 2.24) is 0 Å². The van der Waals surface area contributed by atoms with Crippen LogP contribution >= 0.6 is 15.9 Å². The van der Waals surface area contributed by atoms with E-state index in [9.17, 15) is 0 Å². The van der Waals surface area contributed by atoms with Gasteiger partial charge in [0.2, 0.25) is 0 Å². The molecule has 0 amide bonds. The smallest absolute Gasteiger partial charge is 0.123 e. The molecule has 2 aromatic carbocycles. The van der Waals surface area contributed by atoms with Gasteiger partial charge in [-0.3, -0.25) is 0 Å². The molecule has 1 heterocycles. The third kappa shape index (κ3) is 2.99. The molecule has 0 saturated heterocycles. The standard InChI is InChI=1S/C18H20BrNO/c1-11-6-13(9-15(19)7-11)17(20)12-4-5-16-14(8-12)10-18(2,3)21-16/h4-9,17H,10,20H2,1-3H3. The van der Waals surface area contributed by atoms with Crippen molar-refractivity contribution in [1.29, 1.82) is 0 Å². The highest BCUT2D eigenvalue weighted by molar-refractivity contribution is 9.10. The van der Waals surface area contributed by atoms with Gasteiger partial charge in [0.25, 0.3) is 0 Å². The maximum atomic E-state index is 6.45. The Morgan fingerprint density at radius 1 is 1.14 bits per heavy atom. The van der Waals surface area contributed by atoms with Gasteiger partial charge in [0, 0.05) is 10.9 Å². The second-order valence-corrected chi connectivity index (χ2v) is 7.36.